The van der Waals surface area contributed by atoms with E-state index in [0.717, 1.165) is 16.1 Å². The maximum absolute atomic E-state index is 13.5. The number of aromatic nitrogens is 2. The second kappa shape index (κ2) is 8.79. The van der Waals surface area contributed by atoms with E-state index in [4.69, 9.17) is 5.73 Å². The van der Waals surface area contributed by atoms with Crippen LogP contribution in [0.3, 0.4) is 0 Å². The topological polar surface area (TPSA) is 122 Å². The first-order chi connectivity index (χ1) is 15.3. The van der Waals surface area contributed by atoms with Gasteiger partial charge in [0.2, 0.25) is 15.9 Å². The lowest BCUT2D eigenvalue weighted by molar-refractivity contribution is -0.117. The molecule has 3 aromatic rings. The number of sulfonamides is 1. The zero-order valence-electron chi connectivity index (χ0n) is 17.4. The number of thioether (sulfide) groups is 1. The van der Waals surface area contributed by atoms with Crippen LogP contribution < -0.4 is 10.0 Å². The monoisotopic (exact) mass is 469 g/mol. The number of aromatic amines is 1. The predicted molar refractivity (Wildman–Crippen MR) is 129 cm³/mol. The third-order valence-electron chi connectivity index (χ3n) is 5.28. The lowest BCUT2D eigenvalue weighted by Gasteiger charge is -2.24. The number of H-pyrrole nitrogens is 1. The molecule has 2 aromatic heterocycles. The van der Waals surface area contributed by atoms with Crippen molar-refractivity contribution in [1.82, 2.24) is 9.97 Å². The van der Waals surface area contributed by atoms with E-state index < -0.39 is 15.3 Å². The summed E-state index contributed by atoms with van der Waals surface area (Å²) >= 11 is 1.50. The van der Waals surface area contributed by atoms with Crippen LogP contribution in [0.2, 0.25) is 0 Å². The highest BCUT2D eigenvalue weighted by molar-refractivity contribution is 8.15. The largest absolute Gasteiger partial charge is 0.370 e. The van der Waals surface area contributed by atoms with Crippen molar-refractivity contribution in [3.8, 4) is 0 Å². The number of carbonyl (C=O) groups excluding carboxylic acids is 1. The van der Waals surface area contributed by atoms with Gasteiger partial charge in [-0.15, -0.1) is 6.58 Å². The second-order valence-corrected chi connectivity index (χ2v) is 10.8. The zero-order chi connectivity index (χ0) is 22.9. The van der Waals surface area contributed by atoms with Crippen molar-refractivity contribution in [2.45, 2.75) is 16.9 Å². The molecule has 0 aliphatic carbocycles. The summed E-state index contributed by atoms with van der Waals surface area (Å²) in [5.41, 5.74) is 7.83. The van der Waals surface area contributed by atoms with Crippen molar-refractivity contribution in [1.29, 1.82) is 0 Å². The molecule has 1 aliphatic rings. The standard InChI is InChI=1S/C22H23N5O3S2/c1-3-19(15-7-5-9-24-12-15)32(29,30)27(2)18-8-4-6-14-10-17(26-21(14)18)22-25-13-16(31-22)11-20(23)28/h3-10,12,16,19,26H,1,11,13H2,2H3,(H2,23,28). The third kappa shape index (κ3) is 4.15. The van der Waals surface area contributed by atoms with E-state index in [0.29, 0.717) is 23.3 Å². The van der Waals surface area contributed by atoms with Crippen LogP contribution >= 0.6 is 11.8 Å². The number of anilines is 1. The van der Waals surface area contributed by atoms with Crippen LogP contribution in [0.25, 0.3) is 10.9 Å². The summed E-state index contributed by atoms with van der Waals surface area (Å²) in [6.45, 7) is 4.25. The van der Waals surface area contributed by atoms with Crippen molar-refractivity contribution in [3.05, 3.63) is 72.7 Å². The van der Waals surface area contributed by atoms with E-state index in [2.05, 4.69) is 21.5 Å². The van der Waals surface area contributed by atoms with Crippen LogP contribution in [-0.2, 0) is 14.8 Å². The molecule has 166 valence electrons. The molecule has 1 aliphatic heterocycles. The zero-order valence-corrected chi connectivity index (χ0v) is 19.1. The fourth-order valence-electron chi connectivity index (χ4n) is 3.70. The molecule has 2 unspecified atom stereocenters. The van der Waals surface area contributed by atoms with Crippen molar-refractivity contribution in [2.75, 3.05) is 17.9 Å². The normalized spacial score (nSPS) is 17.2. The number of nitrogens with two attached hydrogens (primary N) is 1. The molecule has 2 atom stereocenters. The second-order valence-electron chi connectivity index (χ2n) is 7.44. The summed E-state index contributed by atoms with van der Waals surface area (Å²) in [6.07, 6.45) is 4.80. The molecular weight excluding hydrogens is 446 g/mol. The first-order valence-electron chi connectivity index (χ1n) is 9.93. The molecular formula is C22H23N5O3S2. The maximum atomic E-state index is 13.5. The number of primary amides is 1. The molecule has 0 fully saturated rings. The number of fused-ring (bicyclic) bond motifs is 1. The first-order valence-corrected chi connectivity index (χ1v) is 12.3. The van der Waals surface area contributed by atoms with Gasteiger partial charge in [0.15, 0.2) is 0 Å². The Balaban J connectivity index is 1.67. The number of nitrogens with zero attached hydrogens (tertiary/aromatic N) is 3. The van der Waals surface area contributed by atoms with Crippen molar-refractivity contribution < 1.29 is 13.2 Å². The molecule has 4 rings (SSSR count). The molecule has 0 radical (unpaired) electrons. The minimum absolute atomic E-state index is 0.0178. The van der Waals surface area contributed by atoms with Gasteiger partial charge in [0.1, 0.15) is 10.3 Å². The van der Waals surface area contributed by atoms with Crippen molar-refractivity contribution in [3.63, 3.8) is 0 Å². The first kappa shape index (κ1) is 22.1. The molecule has 0 spiro atoms. The lowest BCUT2D eigenvalue weighted by Crippen LogP contribution is -2.31. The highest BCUT2D eigenvalue weighted by Crippen LogP contribution is 2.35. The number of amides is 1. The molecule has 3 heterocycles. The van der Waals surface area contributed by atoms with E-state index in [1.165, 1.54) is 35.4 Å². The van der Waals surface area contributed by atoms with E-state index in [1.54, 1.807) is 24.4 Å². The molecule has 0 saturated carbocycles. The molecule has 1 aromatic carbocycles. The van der Waals surface area contributed by atoms with Crippen LogP contribution in [0.5, 0.6) is 0 Å². The minimum atomic E-state index is -3.81. The summed E-state index contributed by atoms with van der Waals surface area (Å²) in [5, 5.41) is 0.723. The fraction of sp³-hybridized carbons (Fsp3) is 0.227. The molecule has 0 bridgehead atoms. The fourth-order valence-corrected chi connectivity index (χ4v) is 6.29. The van der Waals surface area contributed by atoms with Crippen LogP contribution in [0.1, 0.15) is 22.9 Å². The molecule has 3 N–H and O–H groups in total. The predicted octanol–water partition coefficient (Wildman–Crippen LogP) is 2.99. The van der Waals surface area contributed by atoms with Gasteiger partial charge in [0.05, 0.1) is 23.4 Å². The maximum Gasteiger partial charge on any atom is 0.245 e. The molecule has 1 amide bonds. The molecule has 8 nitrogen and oxygen atoms in total. The van der Waals surface area contributed by atoms with Gasteiger partial charge in [-0.2, -0.15) is 0 Å². The Bertz CT molecular complexity index is 1300. The Morgan fingerprint density at radius 1 is 1.41 bits per heavy atom. The van der Waals surface area contributed by atoms with Gasteiger partial charge in [0, 0.05) is 36.5 Å². The summed E-state index contributed by atoms with van der Waals surface area (Å²) in [7, 11) is -2.28. The van der Waals surface area contributed by atoms with E-state index >= 15 is 0 Å². The van der Waals surface area contributed by atoms with Crippen LogP contribution in [0.4, 0.5) is 5.69 Å². The average molecular weight is 470 g/mol. The number of para-hydroxylation sites is 1. The number of aliphatic imine (C=N–C) groups is 1. The van der Waals surface area contributed by atoms with Crippen molar-refractivity contribution >= 4 is 49.3 Å². The van der Waals surface area contributed by atoms with Gasteiger partial charge in [-0.1, -0.05) is 36.0 Å². The van der Waals surface area contributed by atoms with Crippen LogP contribution in [0, 0.1) is 0 Å². The van der Waals surface area contributed by atoms with E-state index in [9.17, 15) is 13.2 Å². The van der Waals surface area contributed by atoms with Gasteiger partial charge in [-0.05, 0) is 23.8 Å². The Kier molecular flexibility index (Phi) is 6.07. The number of pyridine rings is 1. The number of carbonyl (C=O) groups is 1. The number of hydrogen-bond donors (Lipinski definition) is 2. The van der Waals surface area contributed by atoms with Crippen LogP contribution in [-0.4, -0.2) is 48.2 Å². The van der Waals surface area contributed by atoms with Gasteiger partial charge in [0.25, 0.3) is 0 Å². The van der Waals surface area contributed by atoms with Gasteiger partial charge >= 0.3 is 0 Å². The Hall–Kier alpha value is -3.11. The van der Waals surface area contributed by atoms with Gasteiger partial charge in [-0.3, -0.25) is 19.1 Å². The summed E-state index contributed by atoms with van der Waals surface area (Å²) in [4.78, 5) is 23.1. The lowest BCUT2D eigenvalue weighted by atomic mass is 10.2. The van der Waals surface area contributed by atoms with Crippen molar-refractivity contribution in [2.24, 2.45) is 10.7 Å². The SMILES string of the molecule is C=CC(c1cccnc1)S(=O)(=O)N(C)c1cccc2cc(C3=NCC(CC(N)=O)S3)[nH]c12. The van der Waals surface area contributed by atoms with E-state index in [-0.39, 0.29) is 17.6 Å². The highest BCUT2D eigenvalue weighted by atomic mass is 32.2. The number of rotatable bonds is 8. The number of hydrogen-bond acceptors (Lipinski definition) is 6. The Morgan fingerprint density at radius 3 is 2.91 bits per heavy atom. The smallest absolute Gasteiger partial charge is 0.245 e. The van der Waals surface area contributed by atoms with Gasteiger partial charge < -0.3 is 10.7 Å². The van der Waals surface area contributed by atoms with Crippen LogP contribution in [0.15, 0.2) is 66.4 Å². The van der Waals surface area contributed by atoms with E-state index in [1.807, 2.05) is 18.2 Å². The summed E-state index contributed by atoms with van der Waals surface area (Å²) in [5.74, 6) is -0.352. The number of benzene rings is 1. The summed E-state index contributed by atoms with van der Waals surface area (Å²) in [6, 6.07) is 10.8. The summed E-state index contributed by atoms with van der Waals surface area (Å²) < 4.78 is 28.2. The molecule has 0 saturated heterocycles. The Morgan fingerprint density at radius 2 is 2.22 bits per heavy atom. The Labute approximate surface area is 190 Å². The minimum Gasteiger partial charge on any atom is -0.370 e. The highest BCUT2D eigenvalue weighted by Gasteiger charge is 2.31. The molecule has 32 heavy (non-hydrogen) atoms. The third-order valence-corrected chi connectivity index (χ3v) is 8.57. The average Bonchev–Trinajstić information content (AvgIpc) is 3.40. The molecule has 10 heteroatoms. The number of nitrogens with one attached hydrogen (secondary N) is 1. The van der Waals surface area contributed by atoms with Gasteiger partial charge in [-0.25, -0.2) is 8.42 Å². The quantitative estimate of drug-likeness (QED) is 0.491.